The number of benzene rings is 2. The van der Waals surface area contributed by atoms with E-state index in [1.807, 2.05) is 43.4 Å². The summed E-state index contributed by atoms with van der Waals surface area (Å²) in [5, 5.41) is 5.72. The van der Waals surface area contributed by atoms with Gasteiger partial charge in [-0.2, -0.15) is 0 Å². The topological polar surface area (TPSA) is 50.7 Å². The van der Waals surface area contributed by atoms with E-state index in [-0.39, 0.29) is 0 Å². The molecular weight excluding hydrogens is 416 g/mol. The minimum atomic E-state index is 0.814. The second-order valence-electron chi connectivity index (χ2n) is 8.18. The zero-order chi connectivity index (χ0) is 22.7. The predicted molar refractivity (Wildman–Crippen MR) is 139 cm³/mol. The van der Waals surface area contributed by atoms with Gasteiger partial charge >= 0.3 is 0 Å². The van der Waals surface area contributed by atoms with Crippen LogP contribution in [-0.4, -0.2) is 21.5 Å². The highest BCUT2D eigenvalue weighted by molar-refractivity contribution is 6.16. The number of hydrogen-bond acceptors (Lipinski definition) is 4. The molecule has 5 aromatic rings. The Hall–Kier alpha value is -4.57. The molecule has 4 heteroatoms. The molecule has 0 saturated carbocycles. The van der Waals surface area contributed by atoms with Crippen LogP contribution < -0.4 is 5.32 Å². The fourth-order valence-corrected chi connectivity index (χ4v) is 4.71. The molecule has 6 rings (SSSR count). The second kappa shape index (κ2) is 8.75. The Morgan fingerprint density at radius 1 is 0.500 bits per heavy atom. The van der Waals surface area contributed by atoms with Crippen molar-refractivity contribution in [2.75, 3.05) is 6.54 Å². The number of dihydropyridines is 1. The Morgan fingerprint density at radius 2 is 0.912 bits per heavy atom. The first-order chi connectivity index (χ1) is 16.9. The fourth-order valence-electron chi connectivity index (χ4n) is 4.71. The highest BCUT2D eigenvalue weighted by atomic mass is 14.8. The summed E-state index contributed by atoms with van der Waals surface area (Å²) < 4.78 is 0. The molecule has 1 aliphatic rings. The van der Waals surface area contributed by atoms with E-state index in [2.05, 4.69) is 93.1 Å². The van der Waals surface area contributed by atoms with Crippen LogP contribution in [-0.2, 0) is 0 Å². The molecule has 0 radical (unpaired) electrons. The summed E-state index contributed by atoms with van der Waals surface area (Å²) in [6.45, 7) is 0.814. The van der Waals surface area contributed by atoms with Crippen molar-refractivity contribution in [3.8, 4) is 33.4 Å². The van der Waals surface area contributed by atoms with Crippen LogP contribution in [0.4, 0.5) is 0 Å². The maximum Gasteiger partial charge on any atom is 0.0334 e. The van der Waals surface area contributed by atoms with E-state index in [1.54, 1.807) is 0 Å². The van der Waals surface area contributed by atoms with E-state index < -0.39 is 0 Å². The van der Waals surface area contributed by atoms with Crippen LogP contribution >= 0.6 is 0 Å². The smallest absolute Gasteiger partial charge is 0.0334 e. The van der Waals surface area contributed by atoms with Crippen LogP contribution in [0, 0.1) is 0 Å². The molecule has 0 aliphatic carbocycles. The molecule has 0 saturated heterocycles. The molecule has 3 aromatic heterocycles. The number of allylic oxidation sites excluding steroid dienone is 2. The van der Waals surface area contributed by atoms with Crippen molar-refractivity contribution in [3.05, 3.63) is 122 Å². The third-order valence-electron chi connectivity index (χ3n) is 6.27. The van der Waals surface area contributed by atoms with Gasteiger partial charge in [-0.15, -0.1) is 0 Å². The molecule has 0 unspecified atom stereocenters. The van der Waals surface area contributed by atoms with E-state index in [0.717, 1.165) is 23.2 Å². The molecule has 34 heavy (non-hydrogen) atoms. The van der Waals surface area contributed by atoms with E-state index in [1.165, 1.54) is 38.6 Å². The summed E-state index contributed by atoms with van der Waals surface area (Å²) in [5.41, 5.74) is 9.42. The molecular formula is C30H22N4. The first kappa shape index (κ1) is 20.1. The number of pyridine rings is 3. The second-order valence-corrected chi connectivity index (χ2v) is 8.18. The lowest BCUT2D eigenvalue weighted by Crippen LogP contribution is -2.08. The number of fused-ring (bicyclic) bond motifs is 1. The quantitative estimate of drug-likeness (QED) is 0.347. The molecule has 0 spiro atoms. The highest BCUT2D eigenvalue weighted by Gasteiger charge is 2.19. The molecule has 1 N–H and O–H groups in total. The van der Waals surface area contributed by atoms with Gasteiger partial charge in [0.05, 0.1) is 0 Å². The summed E-state index contributed by atoms with van der Waals surface area (Å²) in [4.78, 5) is 12.7. The summed E-state index contributed by atoms with van der Waals surface area (Å²) in [7, 11) is 0. The maximum absolute atomic E-state index is 4.25. The van der Waals surface area contributed by atoms with Crippen LogP contribution in [0.1, 0.15) is 5.56 Å². The molecule has 2 aromatic carbocycles. The Bertz CT molecular complexity index is 1480. The minimum absolute atomic E-state index is 0.814. The number of aromatic nitrogens is 3. The van der Waals surface area contributed by atoms with Crippen LogP contribution in [0.15, 0.2) is 116 Å². The molecule has 0 fully saturated rings. The lowest BCUT2D eigenvalue weighted by Gasteiger charge is -2.20. The fraction of sp³-hybridized carbons (Fsp3) is 0.0333. The van der Waals surface area contributed by atoms with Crippen LogP contribution in [0.3, 0.4) is 0 Å². The van der Waals surface area contributed by atoms with Gasteiger partial charge in [-0.1, -0.05) is 30.3 Å². The zero-order valence-corrected chi connectivity index (χ0v) is 18.5. The molecule has 162 valence electrons. The third-order valence-corrected chi connectivity index (χ3v) is 6.27. The Balaban J connectivity index is 1.78. The van der Waals surface area contributed by atoms with Crippen LogP contribution in [0.2, 0.25) is 0 Å². The molecule has 0 amide bonds. The summed E-state index contributed by atoms with van der Waals surface area (Å²) in [6, 6.07) is 21.4. The molecule has 4 nitrogen and oxygen atoms in total. The van der Waals surface area contributed by atoms with Gasteiger partial charge in [-0.25, -0.2) is 0 Å². The minimum Gasteiger partial charge on any atom is -0.387 e. The third kappa shape index (κ3) is 3.55. The van der Waals surface area contributed by atoms with Crippen LogP contribution in [0.25, 0.3) is 49.7 Å². The predicted octanol–water partition coefficient (Wildman–Crippen LogP) is 6.53. The molecule has 0 atom stereocenters. The Kier molecular flexibility index (Phi) is 5.17. The Morgan fingerprint density at radius 3 is 1.32 bits per heavy atom. The van der Waals surface area contributed by atoms with Gasteiger partial charge in [0, 0.05) is 43.7 Å². The van der Waals surface area contributed by atoms with Gasteiger partial charge in [0.2, 0.25) is 0 Å². The van der Waals surface area contributed by atoms with Crippen molar-refractivity contribution in [2.45, 2.75) is 0 Å². The van der Waals surface area contributed by atoms with Crippen molar-refractivity contribution in [3.63, 3.8) is 0 Å². The summed E-state index contributed by atoms with van der Waals surface area (Å²) >= 11 is 0. The number of hydrogen-bond donors (Lipinski definition) is 1. The molecule has 1 aliphatic heterocycles. The number of nitrogens with zero attached hydrogens (tertiary/aromatic N) is 3. The largest absolute Gasteiger partial charge is 0.387 e. The molecule has 0 bridgehead atoms. The number of rotatable bonds is 4. The van der Waals surface area contributed by atoms with Crippen molar-refractivity contribution >= 4 is 16.3 Å². The summed E-state index contributed by atoms with van der Waals surface area (Å²) in [5.74, 6) is 0. The lowest BCUT2D eigenvalue weighted by atomic mass is 9.84. The molecule has 4 heterocycles. The van der Waals surface area contributed by atoms with Crippen molar-refractivity contribution in [1.29, 1.82) is 0 Å². The zero-order valence-electron chi connectivity index (χ0n) is 18.5. The van der Waals surface area contributed by atoms with Gasteiger partial charge in [0.25, 0.3) is 0 Å². The Labute approximate surface area is 198 Å². The van der Waals surface area contributed by atoms with Crippen LogP contribution in [0.5, 0.6) is 0 Å². The highest BCUT2D eigenvalue weighted by Crippen LogP contribution is 2.44. The van der Waals surface area contributed by atoms with Crippen molar-refractivity contribution in [2.24, 2.45) is 0 Å². The summed E-state index contributed by atoms with van der Waals surface area (Å²) in [6.07, 6.45) is 17.5. The first-order valence-electron chi connectivity index (χ1n) is 11.3. The van der Waals surface area contributed by atoms with E-state index in [9.17, 15) is 0 Å². The average molecular weight is 439 g/mol. The van der Waals surface area contributed by atoms with Crippen molar-refractivity contribution in [1.82, 2.24) is 20.3 Å². The van der Waals surface area contributed by atoms with Crippen molar-refractivity contribution < 1.29 is 0 Å². The van der Waals surface area contributed by atoms with E-state index >= 15 is 0 Å². The van der Waals surface area contributed by atoms with E-state index in [4.69, 9.17) is 0 Å². The average Bonchev–Trinajstić information content (AvgIpc) is 2.94. The van der Waals surface area contributed by atoms with Gasteiger partial charge < -0.3 is 5.32 Å². The first-order valence-corrected chi connectivity index (χ1v) is 11.3. The number of nitrogens with one attached hydrogen (secondary N) is 1. The normalized spacial score (nSPS) is 12.9. The maximum atomic E-state index is 4.25. The van der Waals surface area contributed by atoms with E-state index in [0.29, 0.717) is 0 Å². The van der Waals surface area contributed by atoms with Gasteiger partial charge in [0.1, 0.15) is 0 Å². The van der Waals surface area contributed by atoms with Gasteiger partial charge in [0.15, 0.2) is 0 Å². The SMILES string of the molecule is C1=CC(c2ccc(-c3ccncc3)c3c(-c4ccncc4)ccc(-c4ccncc4)c23)=CCN1. The lowest BCUT2D eigenvalue weighted by molar-refractivity contribution is 0.976. The van der Waals surface area contributed by atoms with Gasteiger partial charge in [-0.3, -0.25) is 15.0 Å². The standard InChI is InChI=1S/C30H22N4/c1-2-26(22-7-15-32-16-8-22)30-28(24-11-19-34-20-12-24)4-3-27(23-9-17-33-18-10-23)29(30)25(1)21-5-13-31-14-6-21/h1-19,34H,20H2. The monoisotopic (exact) mass is 438 g/mol. The van der Waals surface area contributed by atoms with Gasteiger partial charge in [-0.05, 0) is 104 Å².